The highest BCUT2D eigenvalue weighted by atomic mass is 19.4. The summed E-state index contributed by atoms with van der Waals surface area (Å²) in [4.78, 5) is 14.4. The van der Waals surface area contributed by atoms with Crippen molar-refractivity contribution < 1.29 is 23.1 Å². The van der Waals surface area contributed by atoms with Crippen molar-refractivity contribution in [3.05, 3.63) is 23.4 Å². The molecular weight excluding hydrogens is 261 g/mol. The summed E-state index contributed by atoms with van der Waals surface area (Å²) in [5, 5.41) is 11.8. The van der Waals surface area contributed by atoms with Gasteiger partial charge in [0, 0.05) is 5.54 Å². The third kappa shape index (κ3) is 2.80. The van der Waals surface area contributed by atoms with Crippen LogP contribution in [0.3, 0.4) is 0 Å². The smallest absolute Gasteiger partial charge is 0.433 e. The monoisotopic (exact) mass is 274 g/mol. The van der Waals surface area contributed by atoms with Crippen molar-refractivity contribution in [2.75, 3.05) is 5.32 Å². The molecule has 19 heavy (non-hydrogen) atoms. The van der Waals surface area contributed by atoms with Gasteiger partial charge in [0.2, 0.25) is 0 Å². The largest absolute Gasteiger partial charge is 0.478 e. The molecule has 0 aliphatic heterocycles. The lowest BCUT2D eigenvalue weighted by Gasteiger charge is -2.40. The predicted molar refractivity (Wildman–Crippen MR) is 62.1 cm³/mol. The van der Waals surface area contributed by atoms with Gasteiger partial charge in [0.05, 0.1) is 0 Å². The summed E-state index contributed by atoms with van der Waals surface area (Å²) >= 11 is 0. The zero-order valence-electron chi connectivity index (χ0n) is 10.2. The normalized spacial score (nSPS) is 17.7. The Balaban J connectivity index is 2.39. The number of aromatic carboxylic acids is 1. The minimum Gasteiger partial charge on any atom is -0.478 e. The number of carbonyl (C=O) groups is 1. The Kier molecular flexibility index (Phi) is 3.15. The highest BCUT2D eigenvalue weighted by Gasteiger charge is 2.36. The molecule has 104 valence electrons. The van der Waals surface area contributed by atoms with Crippen molar-refractivity contribution in [2.24, 2.45) is 0 Å². The van der Waals surface area contributed by atoms with E-state index in [1.807, 2.05) is 6.92 Å². The molecule has 0 spiro atoms. The van der Waals surface area contributed by atoms with Crippen LogP contribution in [0.5, 0.6) is 0 Å². The maximum absolute atomic E-state index is 12.6. The van der Waals surface area contributed by atoms with E-state index in [9.17, 15) is 18.0 Å². The van der Waals surface area contributed by atoms with Gasteiger partial charge in [-0.1, -0.05) is 0 Å². The Bertz CT molecular complexity index is 510. The topological polar surface area (TPSA) is 62.2 Å². The van der Waals surface area contributed by atoms with Crippen LogP contribution in [0, 0.1) is 0 Å². The fourth-order valence-electron chi connectivity index (χ4n) is 2.00. The van der Waals surface area contributed by atoms with Crippen molar-refractivity contribution in [3.8, 4) is 0 Å². The molecule has 1 heterocycles. The zero-order chi connectivity index (χ0) is 14.3. The van der Waals surface area contributed by atoms with Gasteiger partial charge >= 0.3 is 12.1 Å². The molecular formula is C12H13F3N2O2. The van der Waals surface area contributed by atoms with Crippen molar-refractivity contribution in [2.45, 2.75) is 37.9 Å². The van der Waals surface area contributed by atoms with Crippen molar-refractivity contribution in [1.82, 2.24) is 4.98 Å². The lowest BCUT2D eigenvalue weighted by Crippen LogP contribution is -2.42. The number of nitrogens with one attached hydrogen (secondary N) is 1. The summed E-state index contributed by atoms with van der Waals surface area (Å²) in [7, 11) is 0. The second kappa shape index (κ2) is 4.40. The number of hydrogen-bond acceptors (Lipinski definition) is 3. The van der Waals surface area contributed by atoms with Crippen molar-refractivity contribution in [1.29, 1.82) is 0 Å². The quantitative estimate of drug-likeness (QED) is 0.888. The average Bonchev–Trinajstić information content (AvgIpc) is 2.25. The number of halogens is 3. The Hall–Kier alpha value is -1.79. The van der Waals surface area contributed by atoms with Crippen LogP contribution < -0.4 is 5.32 Å². The summed E-state index contributed by atoms with van der Waals surface area (Å²) < 4.78 is 37.8. The standard InChI is InChI=1S/C12H13F3N2O2/c1-11(5-2-6-11)17-9-7(10(18)19)3-4-8(16-9)12(13,14)15/h3-4H,2,5-6H2,1H3,(H,16,17)(H,18,19). The minimum absolute atomic E-state index is 0.218. The van der Waals surface area contributed by atoms with Crippen molar-refractivity contribution >= 4 is 11.8 Å². The van der Waals surface area contributed by atoms with Gasteiger partial charge in [0.25, 0.3) is 0 Å². The number of carboxylic acids is 1. The van der Waals surface area contributed by atoms with Gasteiger partial charge in [-0.25, -0.2) is 9.78 Å². The first-order valence-corrected chi connectivity index (χ1v) is 5.81. The summed E-state index contributed by atoms with van der Waals surface area (Å²) in [5.74, 6) is -1.52. The maximum atomic E-state index is 12.6. The molecule has 1 saturated carbocycles. The Labute approximate surface area is 107 Å². The Morgan fingerprint density at radius 1 is 1.42 bits per heavy atom. The number of aromatic nitrogens is 1. The molecule has 0 amide bonds. The van der Waals surface area contributed by atoms with E-state index in [2.05, 4.69) is 10.3 Å². The first-order chi connectivity index (χ1) is 8.71. The minimum atomic E-state index is -4.59. The van der Waals surface area contributed by atoms with Crippen LogP contribution in [-0.2, 0) is 6.18 Å². The van der Waals surface area contributed by atoms with Crippen LogP contribution in [0.25, 0.3) is 0 Å². The average molecular weight is 274 g/mol. The van der Waals surface area contributed by atoms with E-state index in [1.165, 1.54) is 0 Å². The molecule has 0 atom stereocenters. The molecule has 0 unspecified atom stereocenters. The molecule has 2 N–H and O–H groups in total. The third-order valence-electron chi connectivity index (χ3n) is 3.29. The summed E-state index contributed by atoms with van der Waals surface area (Å²) in [6.07, 6.45) is -2.06. The molecule has 7 heteroatoms. The molecule has 0 bridgehead atoms. The third-order valence-corrected chi connectivity index (χ3v) is 3.29. The maximum Gasteiger partial charge on any atom is 0.433 e. The van der Waals surface area contributed by atoms with E-state index in [4.69, 9.17) is 5.11 Å². The molecule has 0 saturated heterocycles. The van der Waals surface area contributed by atoms with Crippen LogP contribution >= 0.6 is 0 Å². The second-order valence-electron chi connectivity index (χ2n) is 4.93. The lowest BCUT2D eigenvalue weighted by atomic mass is 9.78. The SMILES string of the molecule is CC1(Nc2nc(C(F)(F)F)ccc2C(=O)O)CCC1. The molecule has 1 aliphatic carbocycles. The Morgan fingerprint density at radius 3 is 2.47 bits per heavy atom. The van der Waals surface area contributed by atoms with Gasteiger partial charge in [-0.15, -0.1) is 0 Å². The van der Waals surface area contributed by atoms with E-state index in [0.29, 0.717) is 6.07 Å². The molecule has 2 rings (SSSR count). The summed E-state index contributed by atoms with van der Waals surface area (Å²) in [5.41, 5.74) is -1.72. The number of rotatable bonds is 3. The number of hydrogen-bond donors (Lipinski definition) is 2. The van der Waals surface area contributed by atoms with E-state index >= 15 is 0 Å². The first-order valence-electron chi connectivity index (χ1n) is 5.81. The summed E-state index contributed by atoms with van der Waals surface area (Å²) in [6.45, 7) is 1.84. The Morgan fingerprint density at radius 2 is 2.05 bits per heavy atom. The van der Waals surface area contributed by atoms with Gasteiger partial charge in [-0.05, 0) is 38.3 Å². The second-order valence-corrected chi connectivity index (χ2v) is 4.93. The molecule has 1 aliphatic rings. The molecule has 0 aromatic carbocycles. The number of pyridine rings is 1. The predicted octanol–water partition coefficient (Wildman–Crippen LogP) is 3.15. The van der Waals surface area contributed by atoms with Gasteiger partial charge in [-0.3, -0.25) is 0 Å². The molecule has 0 radical (unpaired) electrons. The first kappa shape index (κ1) is 13.6. The van der Waals surface area contributed by atoms with Crippen LogP contribution in [0.1, 0.15) is 42.2 Å². The number of anilines is 1. The van der Waals surface area contributed by atoms with Crippen LogP contribution in [0.15, 0.2) is 12.1 Å². The molecule has 1 aromatic heterocycles. The number of alkyl halides is 3. The van der Waals surface area contributed by atoms with Gasteiger partial charge < -0.3 is 10.4 Å². The fraction of sp³-hybridized carbons (Fsp3) is 0.500. The van der Waals surface area contributed by atoms with E-state index in [1.54, 1.807) is 0 Å². The fourth-order valence-corrected chi connectivity index (χ4v) is 2.00. The van der Waals surface area contributed by atoms with E-state index in [0.717, 1.165) is 25.3 Å². The van der Waals surface area contributed by atoms with Gasteiger partial charge in [0.1, 0.15) is 17.1 Å². The van der Waals surface area contributed by atoms with Gasteiger partial charge in [0.15, 0.2) is 0 Å². The van der Waals surface area contributed by atoms with Crippen molar-refractivity contribution in [3.63, 3.8) is 0 Å². The molecule has 1 fully saturated rings. The highest BCUT2D eigenvalue weighted by Crippen LogP contribution is 2.36. The molecule has 1 aromatic rings. The van der Waals surface area contributed by atoms with E-state index < -0.39 is 17.8 Å². The van der Waals surface area contributed by atoms with Crippen LogP contribution in [0.2, 0.25) is 0 Å². The van der Waals surface area contributed by atoms with Gasteiger partial charge in [-0.2, -0.15) is 13.2 Å². The summed E-state index contributed by atoms with van der Waals surface area (Å²) in [6, 6.07) is 1.61. The highest BCUT2D eigenvalue weighted by molar-refractivity contribution is 5.93. The lowest BCUT2D eigenvalue weighted by molar-refractivity contribution is -0.141. The zero-order valence-corrected chi connectivity index (χ0v) is 10.2. The number of nitrogens with zero attached hydrogens (tertiary/aromatic N) is 1. The number of carboxylic acid groups (broad SMARTS) is 1. The van der Waals surface area contributed by atoms with Crippen LogP contribution in [0.4, 0.5) is 19.0 Å². The molecule has 4 nitrogen and oxygen atoms in total. The van der Waals surface area contributed by atoms with E-state index in [-0.39, 0.29) is 16.9 Å². The van der Waals surface area contributed by atoms with Crippen LogP contribution in [-0.4, -0.2) is 21.6 Å².